The number of aryl methyl sites for hydroxylation is 1. The van der Waals surface area contributed by atoms with E-state index in [1.165, 1.54) is 11.3 Å². The second-order valence-corrected chi connectivity index (χ2v) is 6.16. The Labute approximate surface area is 129 Å². The number of carbonyl (C=O) groups excluding carboxylic acids is 1. The predicted octanol–water partition coefficient (Wildman–Crippen LogP) is 3.41. The van der Waals surface area contributed by atoms with Gasteiger partial charge in [0.1, 0.15) is 5.75 Å². The Bertz CT molecular complexity index is 662. The molecule has 0 atom stereocenters. The number of nitrogen functional groups attached to an aromatic ring is 1. The van der Waals surface area contributed by atoms with Crippen molar-refractivity contribution < 1.29 is 9.53 Å². The monoisotopic (exact) mass is 304 g/mol. The Morgan fingerprint density at radius 1 is 1.33 bits per heavy atom. The van der Waals surface area contributed by atoms with Gasteiger partial charge in [-0.1, -0.05) is 18.2 Å². The minimum Gasteiger partial charge on any atom is -0.493 e. The van der Waals surface area contributed by atoms with E-state index in [9.17, 15) is 4.79 Å². The summed E-state index contributed by atoms with van der Waals surface area (Å²) in [5.74, 6) is 0.687. The molecule has 1 aromatic carbocycles. The number of anilines is 1. The van der Waals surface area contributed by atoms with Crippen LogP contribution in [0.25, 0.3) is 11.1 Å². The molecule has 4 nitrogen and oxygen atoms in total. The van der Waals surface area contributed by atoms with E-state index in [0.29, 0.717) is 17.2 Å². The number of ether oxygens (including phenoxy) is 1. The van der Waals surface area contributed by atoms with Gasteiger partial charge in [-0.2, -0.15) is 0 Å². The minimum atomic E-state index is -0.0850. The van der Waals surface area contributed by atoms with Crippen LogP contribution in [-0.2, 0) is 0 Å². The van der Waals surface area contributed by atoms with Crippen molar-refractivity contribution >= 4 is 22.2 Å². The van der Waals surface area contributed by atoms with E-state index in [1.807, 2.05) is 38.1 Å². The highest BCUT2D eigenvalue weighted by Crippen LogP contribution is 2.42. The van der Waals surface area contributed by atoms with E-state index in [1.54, 1.807) is 19.0 Å². The van der Waals surface area contributed by atoms with Crippen LogP contribution in [-0.4, -0.2) is 31.5 Å². The first kappa shape index (κ1) is 15.4. The molecule has 0 radical (unpaired) electrons. The smallest absolute Gasteiger partial charge is 0.256 e. The molecule has 1 heterocycles. The highest BCUT2D eigenvalue weighted by atomic mass is 32.1. The summed E-state index contributed by atoms with van der Waals surface area (Å²) in [6.45, 7) is 4.50. The van der Waals surface area contributed by atoms with Crippen molar-refractivity contribution in [3.05, 3.63) is 34.7 Å². The summed E-state index contributed by atoms with van der Waals surface area (Å²) < 4.78 is 5.69. The number of hydrogen-bond acceptors (Lipinski definition) is 4. The normalized spacial score (nSPS) is 10.5. The Hall–Kier alpha value is -2.01. The molecule has 0 fully saturated rings. The average Bonchev–Trinajstić information content (AvgIpc) is 2.73. The van der Waals surface area contributed by atoms with Crippen LogP contribution < -0.4 is 10.5 Å². The van der Waals surface area contributed by atoms with Gasteiger partial charge in [0, 0.05) is 30.1 Å². The lowest BCUT2D eigenvalue weighted by Gasteiger charge is -2.15. The molecular weight excluding hydrogens is 284 g/mol. The first-order chi connectivity index (χ1) is 9.97. The number of thiophene rings is 1. The fourth-order valence-electron chi connectivity index (χ4n) is 2.28. The Kier molecular flexibility index (Phi) is 4.53. The summed E-state index contributed by atoms with van der Waals surface area (Å²) in [6, 6.07) is 7.74. The number of amides is 1. The molecule has 0 aliphatic rings. The van der Waals surface area contributed by atoms with Gasteiger partial charge in [-0.25, -0.2) is 0 Å². The average molecular weight is 304 g/mol. The zero-order valence-electron chi connectivity index (χ0n) is 12.8. The van der Waals surface area contributed by atoms with Crippen LogP contribution in [0.5, 0.6) is 5.75 Å². The van der Waals surface area contributed by atoms with Crippen molar-refractivity contribution in [3.63, 3.8) is 0 Å². The first-order valence-electron chi connectivity index (χ1n) is 6.80. The van der Waals surface area contributed by atoms with Gasteiger partial charge in [0.2, 0.25) is 0 Å². The number of nitrogens with two attached hydrogens (primary N) is 1. The topological polar surface area (TPSA) is 55.6 Å². The van der Waals surface area contributed by atoms with Gasteiger partial charge in [-0.05, 0) is 19.9 Å². The standard InChI is InChI=1S/C16H20N2O2S/c1-5-20-12-9-7-6-8-11(12)13-10(2)21-15(17)14(13)16(19)18(3)4/h6-9H,5,17H2,1-4H3. The number of carbonyl (C=O) groups is 1. The zero-order valence-corrected chi connectivity index (χ0v) is 13.6. The molecule has 112 valence electrons. The van der Waals surface area contributed by atoms with Crippen LogP contribution in [0.1, 0.15) is 22.2 Å². The maximum absolute atomic E-state index is 12.5. The first-order valence-corrected chi connectivity index (χ1v) is 7.61. The maximum atomic E-state index is 12.5. The summed E-state index contributed by atoms with van der Waals surface area (Å²) >= 11 is 1.44. The highest BCUT2D eigenvalue weighted by molar-refractivity contribution is 7.16. The summed E-state index contributed by atoms with van der Waals surface area (Å²) in [6.07, 6.45) is 0. The van der Waals surface area contributed by atoms with E-state index in [0.717, 1.165) is 21.8 Å². The molecule has 2 aromatic rings. The van der Waals surface area contributed by atoms with E-state index < -0.39 is 0 Å². The molecule has 0 saturated heterocycles. The quantitative estimate of drug-likeness (QED) is 0.941. The number of hydrogen-bond donors (Lipinski definition) is 1. The summed E-state index contributed by atoms with van der Waals surface area (Å²) in [5, 5.41) is 0.549. The minimum absolute atomic E-state index is 0.0850. The number of benzene rings is 1. The van der Waals surface area contributed by atoms with Gasteiger partial charge >= 0.3 is 0 Å². The van der Waals surface area contributed by atoms with E-state index in [2.05, 4.69) is 0 Å². The van der Waals surface area contributed by atoms with Crippen LogP contribution in [0.3, 0.4) is 0 Å². The summed E-state index contributed by atoms with van der Waals surface area (Å²) in [4.78, 5) is 15.0. The third kappa shape index (κ3) is 2.88. The van der Waals surface area contributed by atoms with Crippen molar-refractivity contribution in [3.8, 4) is 16.9 Å². The van der Waals surface area contributed by atoms with E-state index in [4.69, 9.17) is 10.5 Å². The molecule has 1 amide bonds. The number of para-hydroxylation sites is 1. The molecule has 0 saturated carbocycles. The molecule has 2 rings (SSSR count). The molecule has 0 bridgehead atoms. The van der Waals surface area contributed by atoms with Crippen LogP contribution >= 0.6 is 11.3 Å². The second kappa shape index (κ2) is 6.18. The van der Waals surface area contributed by atoms with E-state index in [-0.39, 0.29) is 5.91 Å². The molecule has 0 aliphatic carbocycles. The molecule has 2 N–H and O–H groups in total. The van der Waals surface area contributed by atoms with Crippen molar-refractivity contribution in [1.82, 2.24) is 4.90 Å². The van der Waals surface area contributed by atoms with E-state index >= 15 is 0 Å². The third-order valence-electron chi connectivity index (χ3n) is 3.19. The molecule has 5 heteroatoms. The van der Waals surface area contributed by atoms with Gasteiger partial charge in [-0.3, -0.25) is 4.79 Å². The van der Waals surface area contributed by atoms with Crippen LogP contribution in [0.15, 0.2) is 24.3 Å². The van der Waals surface area contributed by atoms with Crippen molar-refractivity contribution in [1.29, 1.82) is 0 Å². The fourth-order valence-corrected chi connectivity index (χ4v) is 3.22. The van der Waals surface area contributed by atoms with Gasteiger partial charge in [0.05, 0.1) is 17.2 Å². The Morgan fingerprint density at radius 2 is 2.00 bits per heavy atom. The zero-order chi connectivity index (χ0) is 15.6. The highest BCUT2D eigenvalue weighted by Gasteiger charge is 2.24. The molecule has 0 aliphatic heterocycles. The largest absolute Gasteiger partial charge is 0.493 e. The molecule has 0 unspecified atom stereocenters. The van der Waals surface area contributed by atoms with Crippen molar-refractivity contribution in [2.45, 2.75) is 13.8 Å². The van der Waals surface area contributed by atoms with Crippen LogP contribution in [0, 0.1) is 6.92 Å². The molecule has 0 spiro atoms. The number of nitrogens with zero attached hydrogens (tertiary/aromatic N) is 1. The Balaban J connectivity index is 2.67. The lowest BCUT2D eigenvalue weighted by molar-refractivity contribution is 0.0829. The summed E-state index contributed by atoms with van der Waals surface area (Å²) in [5.41, 5.74) is 8.42. The third-order valence-corrected chi connectivity index (χ3v) is 4.12. The van der Waals surface area contributed by atoms with Gasteiger partial charge in [-0.15, -0.1) is 11.3 Å². The fraction of sp³-hybridized carbons (Fsp3) is 0.312. The van der Waals surface area contributed by atoms with Crippen molar-refractivity contribution in [2.24, 2.45) is 0 Å². The summed E-state index contributed by atoms with van der Waals surface area (Å²) in [7, 11) is 3.46. The van der Waals surface area contributed by atoms with Crippen LogP contribution in [0.4, 0.5) is 5.00 Å². The Morgan fingerprint density at radius 3 is 2.62 bits per heavy atom. The van der Waals surface area contributed by atoms with Gasteiger partial charge < -0.3 is 15.4 Å². The molecule has 21 heavy (non-hydrogen) atoms. The van der Waals surface area contributed by atoms with Crippen molar-refractivity contribution in [2.75, 3.05) is 26.4 Å². The van der Waals surface area contributed by atoms with Gasteiger partial charge in [0.15, 0.2) is 0 Å². The van der Waals surface area contributed by atoms with Crippen LogP contribution in [0.2, 0.25) is 0 Å². The maximum Gasteiger partial charge on any atom is 0.256 e. The second-order valence-electron chi connectivity index (χ2n) is 4.90. The van der Waals surface area contributed by atoms with Gasteiger partial charge in [0.25, 0.3) is 5.91 Å². The lowest BCUT2D eigenvalue weighted by Crippen LogP contribution is -2.22. The predicted molar refractivity (Wildman–Crippen MR) is 88.1 cm³/mol. The SMILES string of the molecule is CCOc1ccccc1-c1c(C)sc(N)c1C(=O)N(C)C. The lowest BCUT2D eigenvalue weighted by atomic mass is 9.99. The number of rotatable bonds is 4. The molecule has 1 aromatic heterocycles. The molecular formula is C16H20N2O2S.